The Hall–Kier alpha value is -2.69. The van der Waals surface area contributed by atoms with Crippen LogP contribution in [0.15, 0.2) is 54.6 Å². The van der Waals surface area contributed by atoms with Gasteiger partial charge in [0.05, 0.1) is 7.11 Å². The van der Waals surface area contributed by atoms with E-state index < -0.39 is 23.7 Å². The molecule has 0 saturated heterocycles. The molecule has 4 nitrogen and oxygen atoms in total. The molecule has 1 N–H and O–H groups in total. The number of hydrogen-bond donors (Lipinski definition) is 1. The van der Waals surface area contributed by atoms with Gasteiger partial charge in [0.2, 0.25) is 0 Å². The van der Waals surface area contributed by atoms with E-state index in [0.717, 1.165) is 6.07 Å². The van der Waals surface area contributed by atoms with Gasteiger partial charge in [-0.25, -0.2) is 9.18 Å². The number of hydrogen-bond acceptors (Lipinski definition) is 3. The van der Waals surface area contributed by atoms with E-state index in [1.807, 2.05) is 0 Å². The molecule has 1 unspecified atom stereocenters. The molecule has 2 rings (SSSR count). The van der Waals surface area contributed by atoms with Crippen LogP contribution in [0.2, 0.25) is 0 Å². The highest BCUT2D eigenvalue weighted by atomic mass is 19.1. The largest absolute Gasteiger partial charge is 0.467 e. The Bertz CT molecular complexity index is 643. The van der Waals surface area contributed by atoms with E-state index in [-0.39, 0.29) is 5.56 Å². The molecule has 21 heavy (non-hydrogen) atoms. The summed E-state index contributed by atoms with van der Waals surface area (Å²) in [7, 11) is 1.24. The summed E-state index contributed by atoms with van der Waals surface area (Å²) >= 11 is 0. The molecule has 0 aliphatic rings. The molecule has 2 aromatic rings. The number of esters is 1. The van der Waals surface area contributed by atoms with Crippen molar-refractivity contribution in [2.45, 2.75) is 6.04 Å². The molecule has 0 radical (unpaired) electrons. The van der Waals surface area contributed by atoms with Crippen molar-refractivity contribution in [3.63, 3.8) is 0 Å². The lowest BCUT2D eigenvalue weighted by molar-refractivity contribution is -0.143. The van der Waals surface area contributed by atoms with Crippen LogP contribution in [0.3, 0.4) is 0 Å². The number of nitrogens with one attached hydrogen (secondary N) is 1. The fourth-order valence-corrected chi connectivity index (χ4v) is 1.89. The summed E-state index contributed by atoms with van der Waals surface area (Å²) in [5, 5.41) is 2.55. The summed E-state index contributed by atoms with van der Waals surface area (Å²) in [6.45, 7) is 0. The van der Waals surface area contributed by atoms with E-state index in [1.165, 1.54) is 25.3 Å². The zero-order valence-corrected chi connectivity index (χ0v) is 11.4. The second-order valence-electron chi connectivity index (χ2n) is 4.35. The van der Waals surface area contributed by atoms with Crippen LogP contribution in [-0.4, -0.2) is 19.0 Å². The number of benzene rings is 2. The zero-order chi connectivity index (χ0) is 15.2. The van der Waals surface area contributed by atoms with E-state index in [1.54, 1.807) is 30.3 Å². The van der Waals surface area contributed by atoms with Gasteiger partial charge in [-0.15, -0.1) is 0 Å². The maximum absolute atomic E-state index is 13.1. The van der Waals surface area contributed by atoms with Gasteiger partial charge in [-0.3, -0.25) is 4.79 Å². The Kier molecular flexibility index (Phi) is 4.66. The molecule has 0 spiro atoms. The highest BCUT2D eigenvalue weighted by Gasteiger charge is 2.23. The van der Waals surface area contributed by atoms with Gasteiger partial charge >= 0.3 is 5.97 Å². The second kappa shape index (κ2) is 6.65. The molecule has 0 heterocycles. The average Bonchev–Trinajstić information content (AvgIpc) is 2.52. The van der Waals surface area contributed by atoms with E-state index in [4.69, 9.17) is 4.74 Å². The maximum atomic E-state index is 13.1. The third-order valence-electron chi connectivity index (χ3n) is 2.93. The lowest BCUT2D eigenvalue weighted by atomic mass is 10.1. The van der Waals surface area contributed by atoms with E-state index >= 15 is 0 Å². The Morgan fingerprint density at radius 2 is 1.81 bits per heavy atom. The number of rotatable bonds is 4. The van der Waals surface area contributed by atoms with Gasteiger partial charge in [-0.05, 0) is 23.8 Å². The molecule has 0 bridgehead atoms. The quantitative estimate of drug-likeness (QED) is 0.879. The number of carbonyl (C=O) groups excluding carboxylic acids is 2. The normalized spacial score (nSPS) is 11.5. The summed E-state index contributed by atoms with van der Waals surface area (Å²) in [4.78, 5) is 24.0. The number of amides is 1. The molecule has 0 aliphatic heterocycles. The van der Waals surface area contributed by atoms with Crippen LogP contribution in [0.25, 0.3) is 0 Å². The van der Waals surface area contributed by atoms with Crippen molar-refractivity contribution < 1.29 is 18.7 Å². The van der Waals surface area contributed by atoms with Crippen molar-refractivity contribution in [3.8, 4) is 0 Å². The Labute approximate surface area is 121 Å². The zero-order valence-electron chi connectivity index (χ0n) is 11.4. The van der Waals surface area contributed by atoms with E-state index in [0.29, 0.717) is 5.56 Å². The lowest BCUT2D eigenvalue weighted by Crippen LogP contribution is -2.34. The van der Waals surface area contributed by atoms with Crippen molar-refractivity contribution in [3.05, 3.63) is 71.5 Å². The monoisotopic (exact) mass is 287 g/mol. The summed E-state index contributed by atoms with van der Waals surface area (Å²) in [5.41, 5.74) is 0.730. The highest BCUT2D eigenvalue weighted by molar-refractivity contribution is 5.97. The standard InChI is InChI=1S/C16H14FNO3/c1-21-16(20)14(11-6-3-2-4-7-11)18-15(19)12-8-5-9-13(17)10-12/h2-10,14H,1H3,(H,18,19). The van der Waals surface area contributed by atoms with E-state index in [2.05, 4.69) is 5.32 Å². The fraction of sp³-hybridized carbons (Fsp3) is 0.125. The maximum Gasteiger partial charge on any atom is 0.333 e. The van der Waals surface area contributed by atoms with Crippen LogP contribution in [0.5, 0.6) is 0 Å². The van der Waals surface area contributed by atoms with E-state index in [9.17, 15) is 14.0 Å². The van der Waals surface area contributed by atoms with Gasteiger partial charge in [-0.1, -0.05) is 36.4 Å². The molecular formula is C16H14FNO3. The van der Waals surface area contributed by atoms with Crippen LogP contribution in [0, 0.1) is 5.82 Å². The van der Waals surface area contributed by atoms with Crippen molar-refractivity contribution in [2.24, 2.45) is 0 Å². The number of methoxy groups -OCH3 is 1. The molecule has 108 valence electrons. The van der Waals surface area contributed by atoms with Crippen LogP contribution in [0.4, 0.5) is 4.39 Å². The minimum Gasteiger partial charge on any atom is -0.467 e. The van der Waals surface area contributed by atoms with Gasteiger partial charge in [-0.2, -0.15) is 0 Å². The third kappa shape index (κ3) is 3.66. The van der Waals surface area contributed by atoms with Crippen LogP contribution < -0.4 is 5.32 Å². The summed E-state index contributed by atoms with van der Waals surface area (Å²) < 4.78 is 17.8. The van der Waals surface area contributed by atoms with Gasteiger partial charge in [0.25, 0.3) is 5.91 Å². The Balaban J connectivity index is 2.23. The first-order chi connectivity index (χ1) is 10.1. The molecule has 1 atom stereocenters. The fourth-order valence-electron chi connectivity index (χ4n) is 1.89. The lowest BCUT2D eigenvalue weighted by Gasteiger charge is -2.16. The predicted octanol–water partition coefficient (Wildman–Crippen LogP) is 2.47. The molecule has 0 saturated carbocycles. The molecule has 5 heteroatoms. The first kappa shape index (κ1) is 14.7. The van der Waals surface area contributed by atoms with Gasteiger partial charge in [0.1, 0.15) is 5.82 Å². The first-order valence-corrected chi connectivity index (χ1v) is 6.31. The van der Waals surface area contributed by atoms with Crippen molar-refractivity contribution in [1.29, 1.82) is 0 Å². The molecule has 0 fully saturated rings. The van der Waals surface area contributed by atoms with Crippen LogP contribution >= 0.6 is 0 Å². The molecule has 0 aliphatic carbocycles. The third-order valence-corrected chi connectivity index (χ3v) is 2.93. The van der Waals surface area contributed by atoms with Gasteiger partial charge in [0.15, 0.2) is 6.04 Å². The van der Waals surface area contributed by atoms with Crippen molar-refractivity contribution in [2.75, 3.05) is 7.11 Å². The Morgan fingerprint density at radius 3 is 2.43 bits per heavy atom. The summed E-state index contributed by atoms with van der Waals surface area (Å²) in [6, 6.07) is 13.0. The smallest absolute Gasteiger partial charge is 0.333 e. The van der Waals surface area contributed by atoms with Gasteiger partial charge < -0.3 is 10.1 Å². The van der Waals surface area contributed by atoms with Crippen LogP contribution in [-0.2, 0) is 9.53 Å². The molecular weight excluding hydrogens is 273 g/mol. The summed E-state index contributed by atoms with van der Waals surface area (Å²) in [5.74, 6) is -1.66. The van der Waals surface area contributed by atoms with Crippen LogP contribution in [0.1, 0.15) is 22.0 Å². The highest BCUT2D eigenvalue weighted by Crippen LogP contribution is 2.15. The SMILES string of the molecule is COC(=O)C(NC(=O)c1cccc(F)c1)c1ccccc1. The average molecular weight is 287 g/mol. The number of ether oxygens (including phenoxy) is 1. The molecule has 0 aromatic heterocycles. The number of halogens is 1. The van der Waals surface area contributed by atoms with Crippen molar-refractivity contribution >= 4 is 11.9 Å². The van der Waals surface area contributed by atoms with Crippen molar-refractivity contribution in [1.82, 2.24) is 5.32 Å². The summed E-state index contributed by atoms with van der Waals surface area (Å²) in [6.07, 6.45) is 0. The molecule has 1 amide bonds. The number of carbonyl (C=O) groups is 2. The molecule has 2 aromatic carbocycles. The second-order valence-corrected chi connectivity index (χ2v) is 4.35. The minimum atomic E-state index is -0.938. The Morgan fingerprint density at radius 1 is 1.10 bits per heavy atom. The first-order valence-electron chi connectivity index (χ1n) is 6.31. The minimum absolute atomic E-state index is 0.139. The predicted molar refractivity (Wildman–Crippen MR) is 75.1 cm³/mol. The van der Waals surface area contributed by atoms with Gasteiger partial charge in [0, 0.05) is 5.56 Å². The topological polar surface area (TPSA) is 55.4 Å².